The number of rotatable bonds is 5. The summed E-state index contributed by atoms with van der Waals surface area (Å²) in [6, 6.07) is 10.3. The molecule has 10 heteroatoms. The minimum absolute atomic E-state index is 0.322. The van der Waals surface area contributed by atoms with Gasteiger partial charge in [-0.05, 0) is 48.4 Å². The highest BCUT2D eigenvalue weighted by Gasteiger charge is 2.27. The second-order valence-corrected chi connectivity index (χ2v) is 8.53. The lowest BCUT2D eigenvalue weighted by Gasteiger charge is -2.26. The molecular weight excluding hydrogens is 438 g/mol. The molecule has 0 unspecified atom stereocenters. The van der Waals surface area contributed by atoms with E-state index in [4.69, 9.17) is 22.1 Å². The molecule has 160 valence electrons. The SMILES string of the molecule is NC(=O)Oc1c(NC(=O)Nc2ccc(Cl)cc2)sc2c1CCN(Cc1ccncc1)C2. The van der Waals surface area contributed by atoms with Gasteiger partial charge < -0.3 is 15.8 Å². The van der Waals surface area contributed by atoms with Crippen molar-refractivity contribution in [2.24, 2.45) is 5.73 Å². The molecule has 0 fully saturated rings. The number of carbonyl (C=O) groups is 2. The number of ether oxygens (including phenoxy) is 1. The van der Waals surface area contributed by atoms with Crippen LogP contribution in [0.2, 0.25) is 5.02 Å². The molecule has 1 aliphatic heterocycles. The number of benzene rings is 1. The third-order valence-corrected chi connectivity index (χ3v) is 6.14. The van der Waals surface area contributed by atoms with Crippen LogP contribution in [0.15, 0.2) is 48.8 Å². The number of thiophene rings is 1. The zero-order chi connectivity index (χ0) is 21.8. The van der Waals surface area contributed by atoms with Crippen molar-refractivity contribution in [1.82, 2.24) is 9.88 Å². The predicted molar refractivity (Wildman–Crippen MR) is 121 cm³/mol. The Morgan fingerprint density at radius 3 is 2.61 bits per heavy atom. The van der Waals surface area contributed by atoms with E-state index in [2.05, 4.69) is 20.5 Å². The summed E-state index contributed by atoms with van der Waals surface area (Å²) < 4.78 is 5.27. The van der Waals surface area contributed by atoms with E-state index in [1.54, 1.807) is 36.7 Å². The lowest BCUT2D eigenvalue weighted by Crippen LogP contribution is -2.29. The van der Waals surface area contributed by atoms with Crippen molar-refractivity contribution in [1.29, 1.82) is 0 Å². The first-order valence-corrected chi connectivity index (χ1v) is 10.7. The molecule has 0 spiro atoms. The minimum Gasteiger partial charge on any atom is -0.407 e. The maximum absolute atomic E-state index is 12.5. The molecule has 4 N–H and O–H groups in total. The van der Waals surface area contributed by atoms with Crippen LogP contribution >= 0.6 is 22.9 Å². The monoisotopic (exact) mass is 457 g/mol. The van der Waals surface area contributed by atoms with Crippen molar-refractivity contribution in [3.63, 3.8) is 0 Å². The molecule has 0 atom stereocenters. The highest BCUT2D eigenvalue weighted by molar-refractivity contribution is 7.17. The molecule has 3 aromatic rings. The van der Waals surface area contributed by atoms with Crippen molar-refractivity contribution >= 4 is 45.8 Å². The normalized spacial score (nSPS) is 13.3. The molecule has 4 rings (SSSR count). The average molecular weight is 458 g/mol. The van der Waals surface area contributed by atoms with Gasteiger partial charge >= 0.3 is 12.1 Å². The van der Waals surface area contributed by atoms with Gasteiger partial charge in [0, 0.05) is 53.2 Å². The van der Waals surface area contributed by atoms with E-state index in [1.165, 1.54) is 16.9 Å². The van der Waals surface area contributed by atoms with E-state index in [-0.39, 0.29) is 0 Å². The number of carbonyl (C=O) groups excluding carboxylic acids is 2. The van der Waals surface area contributed by atoms with Gasteiger partial charge in [-0.25, -0.2) is 9.59 Å². The van der Waals surface area contributed by atoms with E-state index in [0.717, 1.165) is 23.5 Å². The number of nitrogens with one attached hydrogen (secondary N) is 2. The van der Waals surface area contributed by atoms with Crippen LogP contribution in [0.1, 0.15) is 16.0 Å². The van der Waals surface area contributed by atoms with E-state index >= 15 is 0 Å². The van der Waals surface area contributed by atoms with Crippen molar-refractivity contribution in [2.75, 3.05) is 17.2 Å². The van der Waals surface area contributed by atoms with Gasteiger partial charge in [0.15, 0.2) is 5.75 Å². The molecule has 0 aliphatic carbocycles. The number of pyridine rings is 1. The number of fused-ring (bicyclic) bond motifs is 1. The Labute approximate surface area is 188 Å². The van der Waals surface area contributed by atoms with Crippen molar-refractivity contribution in [3.8, 4) is 5.75 Å². The number of anilines is 2. The summed E-state index contributed by atoms with van der Waals surface area (Å²) in [4.78, 5) is 31.3. The highest BCUT2D eigenvalue weighted by Crippen LogP contribution is 2.43. The van der Waals surface area contributed by atoms with Gasteiger partial charge in [0.25, 0.3) is 0 Å². The number of nitrogens with two attached hydrogens (primary N) is 1. The van der Waals surface area contributed by atoms with Crippen molar-refractivity contribution < 1.29 is 14.3 Å². The summed E-state index contributed by atoms with van der Waals surface area (Å²) in [6.45, 7) is 2.25. The smallest absolute Gasteiger partial charge is 0.407 e. The van der Waals surface area contributed by atoms with Gasteiger partial charge in [-0.2, -0.15) is 0 Å². The largest absolute Gasteiger partial charge is 0.410 e. The first-order chi connectivity index (χ1) is 15.0. The molecule has 0 bridgehead atoms. The molecule has 31 heavy (non-hydrogen) atoms. The number of halogens is 1. The predicted octanol–water partition coefficient (Wildman–Crippen LogP) is 4.46. The number of nitrogens with zero attached hydrogens (tertiary/aromatic N) is 2. The molecule has 1 aliphatic rings. The lowest BCUT2D eigenvalue weighted by atomic mass is 10.1. The molecule has 0 saturated heterocycles. The van der Waals surface area contributed by atoms with Gasteiger partial charge in [0.05, 0.1) is 0 Å². The molecule has 2 aromatic heterocycles. The summed E-state index contributed by atoms with van der Waals surface area (Å²) in [5.74, 6) is 0.322. The Morgan fingerprint density at radius 1 is 1.16 bits per heavy atom. The van der Waals surface area contributed by atoms with Crippen LogP contribution in [0, 0.1) is 0 Å². The zero-order valence-electron chi connectivity index (χ0n) is 16.4. The number of hydrogen-bond acceptors (Lipinski definition) is 6. The number of aromatic nitrogens is 1. The minimum atomic E-state index is -0.916. The number of amides is 3. The van der Waals surface area contributed by atoms with Crippen LogP contribution in [-0.4, -0.2) is 28.6 Å². The van der Waals surface area contributed by atoms with Crippen LogP contribution in [0.4, 0.5) is 20.3 Å². The third kappa shape index (κ3) is 5.32. The standard InChI is InChI=1S/C21H20ClN5O3S/c22-14-1-3-15(4-2-14)25-21(29)26-19-18(30-20(23)28)16-7-10-27(12-17(16)31-19)11-13-5-8-24-9-6-13/h1-6,8-9H,7,10-12H2,(H2,23,28)(H2,25,26,29). The number of primary amides is 1. The van der Waals surface area contributed by atoms with Gasteiger partial charge in [-0.1, -0.05) is 11.6 Å². The van der Waals surface area contributed by atoms with Gasteiger partial charge in [-0.15, -0.1) is 11.3 Å². The lowest BCUT2D eigenvalue weighted by molar-refractivity contribution is 0.209. The van der Waals surface area contributed by atoms with E-state index in [9.17, 15) is 9.59 Å². The van der Waals surface area contributed by atoms with Crippen LogP contribution in [0.5, 0.6) is 5.75 Å². The fourth-order valence-electron chi connectivity index (χ4n) is 3.40. The summed E-state index contributed by atoms with van der Waals surface area (Å²) in [5, 5.41) is 6.53. The highest BCUT2D eigenvalue weighted by atomic mass is 35.5. The Morgan fingerprint density at radius 2 is 1.90 bits per heavy atom. The summed E-state index contributed by atoms with van der Waals surface area (Å²) in [6.07, 6.45) is 3.31. The fraction of sp³-hybridized carbons (Fsp3) is 0.190. The van der Waals surface area contributed by atoms with Gasteiger partial charge in [0.1, 0.15) is 5.00 Å². The molecule has 0 saturated carbocycles. The molecule has 8 nitrogen and oxygen atoms in total. The quantitative estimate of drug-likeness (QED) is 0.524. The Bertz CT molecular complexity index is 1090. The maximum Gasteiger partial charge on any atom is 0.410 e. The first kappa shape index (κ1) is 21.1. The maximum atomic E-state index is 12.5. The molecule has 3 amide bonds. The van der Waals surface area contributed by atoms with E-state index in [1.807, 2.05) is 12.1 Å². The van der Waals surface area contributed by atoms with Crippen LogP contribution < -0.4 is 21.1 Å². The Balaban J connectivity index is 1.50. The number of hydrogen-bond donors (Lipinski definition) is 3. The topological polar surface area (TPSA) is 110 Å². The summed E-state index contributed by atoms with van der Waals surface area (Å²) in [5.41, 5.74) is 7.93. The van der Waals surface area contributed by atoms with Crippen molar-refractivity contribution in [2.45, 2.75) is 19.5 Å². The average Bonchev–Trinajstić information content (AvgIpc) is 3.06. The van der Waals surface area contributed by atoms with Crippen LogP contribution in [0.3, 0.4) is 0 Å². The fourth-order valence-corrected chi connectivity index (χ4v) is 4.74. The van der Waals surface area contributed by atoms with Gasteiger partial charge in [-0.3, -0.25) is 15.2 Å². The summed E-state index contributed by atoms with van der Waals surface area (Å²) >= 11 is 7.25. The zero-order valence-corrected chi connectivity index (χ0v) is 18.0. The molecule has 0 radical (unpaired) electrons. The van der Waals surface area contributed by atoms with E-state index in [0.29, 0.717) is 34.4 Å². The molecular formula is C21H20ClN5O3S. The second kappa shape index (κ2) is 9.34. The Hall–Kier alpha value is -3.14. The third-order valence-electron chi connectivity index (χ3n) is 4.77. The van der Waals surface area contributed by atoms with Crippen LogP contribution in [0.25, 0.3) is 0 Å². The van der Waals surface area contributed by atoms with Crippen molar-refractivity contribution in [3.05, 3.63) is 69.8 Å². The van der Waals surface area contributed by atoms with E-state index < -0.39 is 12.1 Å². The van der Waals surface area contributed by atoms with Gasteiger partial charge in [0.2, 0.25) is 0 Å². The Kier molecular flexibility index (Phi) is 6.36. The first-order valence-electron chi connectivity index (χ1n) is 9.54. The van der Waals surface area contributed by atoms with Crippen LogP contribution in [-0.2, 0) is 19.5 Å². The number of urea groups is 1. The molecule has 1 aromatic carbocycles. The molecule has 3 heterocycles. The summed E-state index contributed by atoms with van der Waals surface area (Å²) in [7, 11) is 0. The second-order valence-electron chi connectivity index (χ2n) is 6.99.